The zero-order valence-electron chi connectivity index (χ0n) is 19.8. The lowest BCUT2D eigenvalue weighted by Gasteiger charge is -2.11. The van der Waals surface area contributed by atoms with Crippen molar-refractivity contribution >= 4 is 35.0 Å². The fourth-order valence-electron chi connectivity index (χ4n) is 4.50. The highest BCUT2D eigenvalue weighted by Crippen LogP contribution is 2.39. The predicted molar refractivity (Wildman–Crippen MR) is 135 cm³/mol. The van der Waals surface area contributed by atoms with Crippen molar-refractivity contribution < 1.29 is 14.7 Å². The number of aromatic nitrogens is 1. The minimum absolute atomic E-state index is 0.0117. The van der Waals surface area contributed by atoms with E-state index < -0.39 is 11.9 Å². The second-order valence-corrected chi connectivity index (χ2v) is 9.86. The van der Waals surface area contributed by atoms with Gasteiger partial charge in [0.2, 0.25) is 0 Å². The molecule has 0 fully saturated rings. The van der Waals surface area contributed by atoms with Gasteiger partial charge in [-0.2, -0.15) is 5.26 Å². The quantitative estimate of drug-likeness (QED) is 0.356. The molecule has 0 saturated carbocycles. The van der Waals surface area contributed by atoms with E-state index in [4.69, 9.17) is 0 Å². The van der Waals surface area contributed by atoms with Crippen molar-refractivity contribution in [3.05, 3.63) is 73.9 Å². The first kappa shape index (κ1) is 23.5. The lowest BCUT2D eigenvalue weighted by atomic mass is 9.95. The molecule has 0 radical (unpaired) electrons. The molecule has 0 bridgehead atoms. The molecule has 1 amide bonds. The third-order valence-corrected chi connectivity index (χ3v) is 7.75. The topological polar surface area (TPSA) is 95.1 Å². The Hall–Kier alpha value is -3.63. The maximum absolute atomic E-state index is 12.8. The lowest BCUT2D eigenvalue weighted by molar-refractivity contribution is -0.112. The van der Waals surface area contributed by atoms with Gasteiger partial charge in [-0.15, -0.1) is 11.3 Å². The second-order valence-electron chi connectivity index (χ2n) is 8.78. The molecule has 4 rings (SSSR count). The molecule has 1 aromatic carbocycles. The van der Waals surface area contributed by atoms with Crippen molar-refractivity contribution in [2.45, 2.75) is 53.4 Å². The van der Waals surface area contributed by atoms with Gasteiger partial charge >= 0.3 is 5.97 Å². The van der Waals surface area contributed by atoms with Crippen molar-refractivity contribution in [1.82, 2.24) is 4.57 Å². The van der Waals surface area contributed by atoms with Crippen molar-refractivity contribution in [3.8, 4) is 11.1 Å². The van der Waals surface area contributed by atoms with Crippen molar-refractivity contribution in [1.29, 1.82) is 5.26 Å². The van der Waals surface area contributed by atoms with E-state index in [9.17, 15) is 20.0 Å². The smallest absolute Gasteiger partial charge is 0.339 e. The number of carbonyl (C=O) groups is 2. The Morgan fingerprint density at radius 1 is 1.12 bits per heavy atom. The average Bonchev–Trinajstić information content (AvgIpc) is 3.30. The fourth-order valence-corrected chi connectivity index (χ4v) is 5.99. The molecule has 0 atom stereocenters. The van der Waals surface area contributed by atoms with Crippen LogP contribution in [-0.2, 0) is 17.6 Å². The number of nitriles is 1. The van der Waals surface area contributed by atoms with E-state index in [0.717, 1.165) is 58.6 Å². The van der Waals surface area contributed by atoms with Crippen LogP contribution in [0, 0.1) is 39.0 Å². The molecule has 2 N–H and O–H groups in total. The van der Waals surface area contributed by atoms with Gasteiger partial charge in [0.1, 0.15) is 16.6 Å². The zero-order valence-corrected chi connectivity index (χ0v) is 20.6. The molecular weight excluding hydrogens is 446 g/mol. The molecule has 1 aliphatic carbocycles. The van der Waals surface area contributed by atoms with E-state index in [1.807, 2.05) is 62.6 Å². The van der Waals surface area contributed by atoms with Gasteiger partial charge in [0.05, 0.1) is 5.56 Å². The minimum atomic E-state index is -0.913. The second kappa shape index (κ2) is 9.32. The number of hydrogen-bond donors (Lipinski definition) is 2. The van der Waals surface area contributed by atoms with Crippen molar-refractivity contribution in [2.24, 2.45) is 0 Å². The number of aryl methyl sites for hydroxylation is 4. The van der Waals surface area contributed by atoms with E-state index in [1.165, 1.54) is 11.3 Å². The molecular formula is C27H27N3O3S. The highest BCUT2D eigenvalue weighted by Gasteiger charge is 2.27. The summed E-state index contributed by atoms with van der Waals surface area (Å²) in [5.74, 6) is -1.39. The summed E-state index contributed by atoms with van der Waals surface area (Å²) in [5, 5.41) is 23.2. The van der Waals surface area contributed by atoms with Crippen molar-refractivity contribution in [2.75, 3.05) is 5.32 Å². The normalized spacial score (nSPS) is 13.3. The SMILES string of the molecule is Cc1ccc(NC(=O)/C(C#N)=C\c2cc(C)n(-c3sc4c(c3C(=O)O)CCCC4)c2C)cc1C. The van der Waals surface area contributed by atoms with Crippen LogP contribution in [0.4, 0.5) is 5.69 Å². The van der Waals surface area contributed by atoms with Crippen molar-refractivity contribution in [3.63, 3.8) is 0 Å². The number of nitrogens with zero attached hydrogens (tertiary/aromatic N) is 2. The summed E-state index contributed by atoms with van der Waals surface area (Å²) in [4.78, 5) is 26.1. The summed E-state index contributed by atoms with van der Waals surface area (Å²) in [6.07, 6.45) is 5.34. The van der Waals surface area contributed by atoms with Crippen LogP contribution in [0.25, 0.3) is 11.1 Å². The van der Waals surface area contributed by atoms with Gasteiger partial charge < -0.3 is 15.0 Å². The number of fused-ring (bicyclic) bond motifs is 1. The summed E-state index contributed by atoms with van der Waals surface area (Å²) in [6.45, 7) is 7.76. The predicted octanol–water partition coefficient (Wildman–Crippen LogP) is 5.90. The Morgan fingerprint density at radius 2 is 1.85 bits per heavy atom. The van der Waals surface area contributed by atoms with Crippen LogP contribution >= 0.6 is 11.3 Å². The highest BCUT2D eigenvalue weighted by atomic mass is 32.1. The van der Waals surface area contributed by atoms with Crippen LogP contribution < -0.4 is 5.32 Å². The molecule has 3 aromatic rings. The van der Waals surface area contributed by atoms with E-state index in [1.54, 1.807) is 6.08 Å². The van der Waals surface area contributed by atoms with Crippen LogP contribution in [0.3, 0.4) is 0 Å². The zero-order chi connectivity index (χ0) is 24.6. The molecule has 2 aromatic heterocycles. The first-order valence-corrected chi connectivity index (χ1v) is 12.1. The molecule has 1 aliphatic rings. The first-order valence-electron chi connectivity index (χ1n) is 11.3. The molecule has 34 heavy (non-hydrogen) atoms. The van der Waals surface area contributed by atoms with Gasteiger partial charge in [-0.05, 0) is 99.9 Å². The van der Waals surface area contributed by atoms with Gasteiger partial charge in [-0.3, -0.25) is 4.79 Å². The Balaban J connectivity index is 1.71. The van der Waals surface area contributed by atoms with E-state index >= 15 is 0 Å². The van der Waals surface area contributed by atoms with Gasteiger partial charge in [0.15, 0.2) is 0 Å². The first-order chi connectivity index (χ1) is 16.2. The number of anilines is 1. The third kappa shape index (κ3) is 4.29. The molecule has 0 unspecified atom stereocenters. The largest absolute Gasteiger partial charge is 0.478 e. The van der Waals surface area contributed by atoms with Gasteiger partial charge in [0.25, 0.3) is 5.91 Å². The van der Waals surface area contributed by atoms with Crippen LogP contribution in [0.1, 0.15) is 61.7 Å². The number of carboxylic acids is 1. The molecule has 0 aliphatic heterocycles. The van der Waals surface area contributed by atoms with E-state index in [0.29, 0.717) is 21.8 Å². The summed E-state index contributed by atoms with van der Waals surface area (Å²) >= 11 is 1.54. The van der Waals surface area contributed by atoms with Gasteiger partial charge in [0, 0.05) is 22.0 Å². The Morgan fingerprint density at radius 3 is 2.53 bits per heavy atom. The Kier molecular flexibility index (Phi) is 6.45. The summed E-state index contributed by atoms with van der Waals surface area (Å²) in [5.41, 5.74) is 6.50. The molecule has 6 nitrogen and oxygen atoms in total. The van der Waals surface area contributed by atoms with E-state index in [-0.39, 0.29) is 5.57 Å². The maximum atomic E-state index is 12.8. The van der Waals surface area contributed by atoms with Crippen LogP contribution in [-0.4, -0.2) is 21.6 Å². The number of carboxylic acid groups (broad SMARTS) is 1. The molecule has 7 heteroatoms. The molecule has 0 spiro atoms. The van der Waals surface area contributed by atoms with Crippen LogP contribution in [0.15, 0.2) is 29.8 Å². The molecule has 174 valence electrons. The minimum Gasteiger partial charge on any atom is -0.478 e. The number of carbonyl (C=O) groups excluding carboxylic acids is 1. The Labute approximate surface area is 203 Å². The number of amides is 1. The highest BCUT2D eigenvalue weighted by molar-refractivity contribution is 7.15. The maximum Gasteiger partial charge on any atom is 0.339 e. The van der Waals surface area contributed by atoms with Gasteiger partial charge in [-0.25, -0.2) is 4.79 Å². The standard InChI is InChI=1S/C27H27N3O3S/c1-15-9-10-21(11-16(15)2)29-25(31)20(14-28)13-19-12-17(3)30(18(19)4)26-24(27(32)33)22-7-5-6-8-23(22)34-26/h9-13H,5-8H2,1-4H3,(H,29,31)(H,32,33)/b20-13-. The van der Waals surface area contributed by atoms with E-state index in [2.05, 4.69) is 5.32 Å². The molecule has 0 saturated heterocycles. The lowest BCUT2D eigenvalue weighted by Crippen LogP contribution is -2.13. The fraction of sp³-hybridized carbons (Fsp3) is 0.296. The summed E-state index contributed by atoms with van der Waals surface area (Å²) < 4.78 is 1.94. The van der Waals surface area contributed by atoms with Crippen LogP contribution in [0.5, 0.6) is 0 Å². The summed E-state index contributed by atoms with van der Waals surface area (Å²) in [6, 6.07) is 9.51. The number of rotatable bonds is 5. The monoisotopic (exact) mass is 473 g/mol. The number of thiophene rings is 1. The summed E-state index contributed by atoms with van der Waals surface area (Å²) in [7, 11) is 0. The van der Waals surface area contributed by atoms with Crippen LogP contribution in [0.2, 0.25) is 0 Å². The number of nitrogens with one attached hydrogen (secondary N) is 1. The van der Waals surface area contributed by atoms with Gasteiger partial charge in [-0.1, -0.05) is 6.07 Å². The average molecular weight is 474 g/mol. The third-order valence-electron chi connectivity index (χ3n) is 6.47. The number of hydrogen-bond acceptors (Lipinski definition) is 4. The molecule has 2 heterocycles. The number of aromatic carboxylic acids is 1. The Bertz CT molecular complexity index is 1380. The number of benzene rings is 1.